The van der Waals surface area contributed by atoms with Gasteiger partial charge in [0.1, 0.15) is 0 Å². The van der Waals surface area contributed by atoms with Crippen LogP contribution in [0.25, 0.3) is 0 Å². The van der Waals surface area contributed by atoms with Crippen LogP contribution in [0.5, 0.6) is 0 Å². The van der Waals surface area contributed by atoms with Gasteiger partial charge >= 0.3 is 6.03 Å². The molecule has 0 aromatic heterocycles. The van der Waals surface area contributed by atoms with Gasteiger partial charge in [0.05, 0.1) is 12.1 Å². The van der Waals surface area contributed by atoms with Gasteiger partial charge in [0.25, 0.3) is 0 Å². The monoisotopic (exact) mass is 314 g/mol. The Kier molecular flexibility index (Phi) is 4.02. The Hall–Kier alpha value is -1.55. The standard InChI is InChI=1S/C19H26N2O2/c22-15-8-7-12(9-15)11-20-19(23)21-17-10-14-5-1-3-13-4-2-6-16(17)18(13)14/h2,4,6,12,14-15,17,22H,1,3,5,7-11H2,(H2,20,21,23). The molecule has 0 spiro atoms. The number of aryl methyl sites for hydroxylation is 1. The summed E-state index contributed by atoms with van der Waals surface area (Å²) < 4.78 is 0. The molecule has 0 heterocycles. The van der Waals surface area contributed by atoms with Crippen molar-refractivity contribution in [3.05, 3.63) is 34.9 Å². The van der Waals surface area contributed by atoms with Crippen LogP contribution in [0.2, 0.25) is 0 Å². The summed E-state index contributed by atoms with van der Waals surface area (Å²) in [5.74, 6) is 1.05. The third-order valence-electron chi connectivity index (χ3n) is 5.90. The first-order valence-corrected chi connectivity index (χ1v) is 9.05. The smallest absolute Gasteiger partial charge is 0.315 e. The highest BCUT2D eigenvalue weighted by Crippen LogP contribution is 2.47. The van der Waals surface area contributed by atoms with Gasteiger partial charge in [0.2, 0.25) is 0 Å². The van der Waals surface area contributed by atoms with Crippen molar-refractivity contribution in [2.75, 3.05) is 6.54 Å². The molecular formula is C19H26N2O2. The SMILES string of the molecule is O=C(NCC1CCC(O)C1)NC1CC2CCCc3cccc1c32. The second-order valence-electron chi connectivity index (χ2n) is 7.48. The molecule has 23 heavy (non-hydrogen) atoms. The molecule has 1 saturated carbocycles. The van der Waals surface area contributed by atoms with Crippen molar-refractivity contribution in [3.8, 4) is 0 Å². The molecule has 0 saturated heterocycles. The number of hydrogen-bond donors (Lipinski definition) is 3. The van der Waals surface area contributed by atoms with Gasteiger partial charge in [0, 0.05) is 6.54 Å². The van der Waals surface area contributed by atoms with Gasteiger partial charge in [-0.05, 0) is 73.5 Å². The number of carbonyl (C=O) groups excluding carboxylic acids is 1. The van der Waals surface area contributed by atoms with E-state index >= 15 is 0 Å². The number of amides is 2. The van der Waals surface area contributed by atoms with Crippen molar-refractivity contribution < 1.29 is 9.90 Å². The zero-order valence-corrected chi connectivity index (χ0v) is 13.6. The van der Waals surface area contributed by atoms with Crippen LogP contribution in [0.4, 0.5) is 4.79 Å². The van der Waals surface area contributed by atoms with E-state index in [4.69, 9.17) is 0 Å². The van der Waals surface area contributed by atoms with Crippen LogP contribution >= 0.6 is 0 Å². The third kappa shape index (κ3) is 2.97. The van der Waals surface area contributed by atoms with Gasteiger partial charge in [-0.3, -0.25) is 0 Å². The number of aliphatic hydroxyl groups excluding tert-OH is 1. The van der Waals surface area contributed by atoms with Crippen LogP contribution in [0.1, 0.15) is 67.2 Å². The maximum atomic E-state index is 12.3. The van der Waals surface area contributed by atoms with E-state index < -0.39 is 0 Å². The molecule has 3 N–H and O–H groups in total. The highest BCUT2D eigenvalue weighted by molar-refractivity contribution is 5.74. The van der Waals surface area contributed by atoms with Crippen LogP contribution in [0, 0.1) is 5.92 Å². The van der Waals surface area contributed by atoms with E-state index in [2.05, 4.69) is 28.8 Å². The van der Waals surface area contributed by atoms with Crippen LogP contribution in [-0.2, 0) is 6.42 Å². The summed E-state index contributed by atoms with van der Waals surface area (Å²) in [6.07, 6.45) is 7.27. The van der Waals surface area contributed by atoms with E-state index in [1.54, 1.807) is 0 Å². The predicted molar refractivity (Wildman–Crippen MR) is 89.4 cm³/mol. The molecule has 4 unspecified atom stereocenters. The van der Waals surface area contributed by atoms with Crippen molar-refractivity contribution in [2.24, 2.45) is 5.92 Å². The van der Waals surface area contributed by atoms with Crippen LogP contribution in [-0.4, -0.2) is 23.8 Å². The topological polar surface area (TPSA) is 61.4 Å². The zero-order valence-electron chi connectivity index (χ0n) is 13.6. The predicted octanol–water partition coefficient (Wildman–Crippen LogP) is 3.01. The minimum atomic E-state index is -0.174. The molecule has 1 aromatic carbocycles. The fourth-order valence-corrected chi connectivity index (χ4v) is 4.80. The molecule has 0 bridgehead atoms. The quantitative estimate of drug-likeness (QED) is 0.803. The second-order valence-corrected chi connectivity index (χ2v) is 7.48. The lowest BCUT2D eigenvalue weighted by Crippen LogP contribution is -2.39. The first kappa shape index (κ1) is 15.0. The van der Waals surface area contributed by atoms with Crippen molar-refractivity contribution in [1.82, 2.24) is 10.6 Å². The normalized spacial score (nSPS) is 31.7. The summed E-state index contributed by atoms with van der Waals surface area (Å²) >= 11 is 0. The molecule has 2 amide bonds. The molecule has 3 aliphatic carbocycles. The Morgan fingerprint density at radius 1 is 1.22 bits per heavy atom. The van der Waals surface area contributed by atoms with Crippen LogP contribution in [0.3, 0.4) is 0 Å². The summed E-state index contributed by atoms with van der Waals surface area (Å²) in [6.45, 7) is 0.673. The number of rotatable bonds is 3. The van der Waals surface area contributed by atoms with E-state index in [0.717, 1.165) is 25.7 Å². The number of nitrogens with one attached hydrogen (secondary N) is 2. The van der Waals surface area contributed by atoms with Gasteiger partial charge in [0.15, 0.2) is 0 Å². The lowest BCUT2D eigenvalue weighted by molar-refractivity contribution is 0.177. The van der Waals surface area contributed by atoms with E-state index in [1.165, 1.54) is 36.0 Å². The highest BCUT2D eigenvalue weighted by Gasteiger charge is 2.35. The first-order chi connectivity index (χ1) is 11.2. The van der Waals surface area contributed by atoms with Gasteiger partial charge in [-0.2, -0.15) is 0 Å². The molecule has 4 heteroatoms. The number of carbonyl (C=O) groups is 1. The maximum absolute atomic E-state index is 12.3. The number of hydrogen-bond acceptors (Lipinski definition) is 2. The first-order valence-electron chi connectivity index (χ1n) is 9.05. The van der Waals surface area contributed by atoms with E-state index in [-0.39, 0.29) is 18.2 Å². The minimum Gasteiger partial charge on any atom is -0.393 e. The summed E-state index contributed by atoms with van der Waals surface area (Å²) in [7, 11) is 0. The lowest BCUT2D eigenvalue weighted by Gasteiger charge is -2.20. The lowest BCUT2D eigenvalue weighted by atomic mass is 9.84. The van der Waals surface area contributed by atoms with E-state index in [1.807, 2.05) is 0 Å². The van der Waals surface area contributed by atoms with Crippen molar-refractivity contribution in [1.29, 1.82) is 0 Å². The van der Waals surface area contributed by atoms with Gasteiger partial charge < -0.3 is 15.7 Å². The Labute approximate surface area is 137 Å². The average molecular weight is 314 g/mol. The Morgan fingerprint density at radius 3 is 2.96 bits per heavy atom. The summed E-state index contributed by atoms with van der Waals surface area (Å²) in [6, 6.07) is 6.66. The Bertz CT molecular complexity index is 601. The fourth-order valence-electron chi connectivity index (χ4n) is 4.80. The van der Waals surface area contributed by atoms with Crippen molar-refractivity contribution in [3.63, 3.8) is 0 Å². The molecule has 4 nitrogen and oxygen atoms in total. The van der Waals surface area contributed by atoms with Gasteiger partial charge in [-0.15, -0.1) is 0 Å². The van der Waals surface area contributed by atoms with E-state index in [0.29, 0.717) is 18.4 Å². The minimum absolute atomic E-state index is 0.0624. The number of aliphatic hydroxyl groups is 1. The Morgan fingerprint density at radius 2 is 2.13 bits per heavy atom. The molecule has 1 fully saturated rings. The molecule has 4 rings (SSSR count). The zero-order chi connectivity index (χ0) is 15.8. The highest BCUT2D eigenvalue weighted by atomic mass is 16.3. The van der Waals surface area contributed by atoms with Gasteiger partial charge in [-0.25, -0.2) is 4.79 Å². The third-order valence-corrected chi connectivity index (χ3v) is 5.90. The number of urea groups is 1. The molecule has 0 radical (unpaired) electrons. The average Bonchev–Trinajstić information content (AvgIpc) is 3.12. The number of benzene rings is 1. The summed E-state index contributed by atoms with van der Waals surface area (Å²) in [5, 5.41) is 15.7. The van der Waals surface area contributed by atoms with Gasteiger partial charge in [-0.1, -0.05) is 18.2 Å². The molecule has 124 valence electrons. The molecular weight excluding hydrogens is 288 g/mol. The van der Waals surface area contributed by atoms with Crippen LogP contribution < -0.4 is 10.6 Å². The Balaban J connectivity index is 1.37. The second kappa shape index (κ2) is 6.16. The molecule has 1 aromatic rings. The molecule has 4 atom stereocenters. The molecule has 3 aliphatic rings. The largest absolute Gasteiger partial charge is 0.393 e. The summed E-state index contributed by atoms with van der Waals surface area (Å²) in [5.41, 5.74) is 4.34. The van der Waals surface area contributed by atoms with Crippen molar-refractivity contribution in [2.45, 2.75) is 63.0 Å². The maximum Gasteiger partial charge on any atom is 0.315 e. The fraction of sp³-hybridized carbons (Fsp3) is 0.632. The summed E-state index contributed by atoms with van der Waals surface area (Å²) in [4.78, 5) is 12.3. The van der Waals surface area contributed by atoms with Crippen molar-refractivity contribution >= 4 is 6.03 Å². The molecule has 0 aliphatic heterocycles. The van der Waals surface area contributed by atoms with Crippen LogP contribution in [0.15, 0.2) is 18.2 Å². The van der Waals surface area contributed by atoms with E-state index in [9.17, 15) is 9.90 Å².